The number of hydrogen-bond donors (Lipinski definition) is 0. The molecule has 1 amide bonds. The van der Waals surface area contributed by atoms with Crippen molar-refractivity contribution < 1.29 is 14.3 Å². The van der Waals surface area contributed by atoms with Gasteiger partial charge in [-0.3, -0.25) is 4.79 Å². The molecule has 2 aromatic rings. The molecular formula is C18H19Cl2NO3. The highest BCUT2D eigenvalue weighted by Gasteiger charge is 2.10. The van der Waals surface area contributed by atoms with Crippen LogP contribution < -0.4 is 9.47 Å². The maximum Gasteiger partial charge on any atom is 0.226 e. The van der Waals surface area contributed by atoms with Gasteiger partial charge in [0.25, 0.3) is 0 Å². The molecule has 4 nitrogen and oxygen atoms in total. The summed E-state index contributed by atoms with van der Waals surface area (Å²) in [5.41, 5.74) is 1.04. The summed E-state index contributed by atoms with van der Waals surface area (Å²) in [6.45, 7) is 0.819. The van der Waals surface area contributed by atoms with Crippen molar-refractivity contribution in [3.8, 4) is 11.5 Å². The van der Waals surface area contributed by atoms with E-state index in [4.69, 9.17) is 32.7 Å². The number of hydrogen-bond acceptors (Lipinski definition) is 3. The lowest BCUT2D eigenvalue weighted by atomic mass is 10.2. The van der Waals surface area contributed by atoms with Gasteiger partial charge in [-0.15, -0.1) is 0 Å². The fraction of sp³-hybridized carbons (Fsp3) is 0.278. The van der Waals surface area contributed by atoms with E-state index in [1.54, 1.807) is 37.3 Å². The molecule has 0 bridgehead atoms. The third-order valence-electron chi connectivity index (χ3n) is 3.48. The van der Waals surface area contributed by atoms with Gasteiger partial charge in [0.05, 0.1) is 30.2 Å². The fourth-order valence-corrected chi connectivity index (χ4v) is 2.39. The minimum Gasteiger partial charge on any atom is -0.497 e. The van der Waals surface area contributed by atoms with Crippen LogP contribution in [0.5, 0.6) is 11.5 Å². The topological polar surface area (TPSA) is 38.8 Å². The zero-order valence-corrected chi connectivity index (χ0v) is 15.1. The Bertz CT molecular complexity index is 689. The number of carbonyl (C=O) groups excluding carboxylic acids is 1. The summed E-state index contributed by atoms with van der Waals surface area (Å²) in [6.07, 6.45) is 0.285. The van der Waals surface area contributed by atoms with Gasteiger partial charge in [0.15, 0.2) is 0 Å². The molecule has 0 aliphatic heterocycles. The van der Waals surface area contributed by atoms with Crippen molar-refractivity contribution in [2.75, 3.05) is 20.8 Å². The second-order valence-corrected chi connectivity index (χ2v) is 6.09. The minimum absolute atomic E-state index is 0.00544. The Morgan fingerprint density at radius 2 is 1.71 bits per heavy atom. The van der Waals surface area contributed by atoms with Crippen LogP contribution in [0.1, 0.15) is 12.0 Å². The van der Waals surface area contributed by atoms with Crippen molar-refractivity contribution in [3.63, 3.8) is 0 Å². The second-order valence-electron chi connectivity index (χ2n) is 5.27. The molecule has 24 heavy (non-hydrogen) atoms. The van der Waals surface area contributed by atoms with Crippen LogP contribution in [0, 0.1) is 0 Å². The van der Waals surface area contributed by atoms with E-state index < -0.39 is 0 Å². The lowest BCUT2D eigenvalue weighted by molar-refractivity contribution is -0.130. The largest absolute Gasteiger partial charge is 0.497 e. The highest BCUT2D eigenvalue weighted by molar-refractivity contribution is 6.42. The molecular weight excluding hydrogens is 349 g/mol. The van der Waals surface area contributed by atoms with Crippen molar-refractivity contribution in [2.45, 2.75) is 13.0 Å². The number of ether oxygens (including phenoxy) is 2. The first-order valence-corrected chi connectivity index (χ1v) is 8.20. The van der Waals surface area contributed by atoms with Crippen LogP contribution in [0.3, 0.4) is 0 Å². The van der Waals surface area contributed by atoms with Crippen LogP contribution in [-0.4, -0.2) is 31.6 Å². The predicted molar refractivity (Wildman–Crippen MR) is 96.0 cm³/mol. The van der Waals surface area contributed by atoms with Crippen LogP contribution in [0.2, 0.25) is 10.0 Å². The van der Waals surface area contributed by atoms with Gasteiger partial charge in [-0.25, -0.2) is 0 Å². The first kappa shape index (κ1) is 18.4. The normalized spacial score (nSPS) is 10.3. The van der Waals surface area contributed by atoms with E-state index in [0.29, 0.717) is 22.3 Å². The SMILES string of the molecule is COc1ccc(CN(C)C(=O)CCOc2ccc(Cl)c(Cl)c2)cc1. The summed E-state index contributed by atoms with van der Waals surface area (Å²) in [6, 6.07) is 12.7. The van der Waals surface area contributed by atoms with Crippen molar-refractivity contribution in [1.29, 1.82) is 0 Å². The highest BCUT2D eigenvalue weighted by Crippen LogP contribution is 2.26. The molecule has 0 aromatic heterocycles. The Morgan fingerprint density at radius 1 is 1.04 bits per heavy atom. The molecule has 0 aliphatic carbocycles. The summed E-state index contributed by atoms with van der Waals surface area (Å²) in [5.74, 6) is 1.39. The van der Waals surface area contributed by atoms with E-state index in [-0.39, 0.29) is 18.9 Å². The molecule has 0 N–H and O–H groups in total. The molecule has 0 atom stereocenters. The van der Waals surface area contributed by atoms with E-state index in [2.05, 4.69) is 0 Å². The Morgan fingerprint density at radius 3 is 2.33 bits per heavy atom. The molecule has 0 fully saturated rings. The van der Waals surface area contributed by atoms with E-state index in [1.165, 1.54) is 0 Å². The van der Waals surface area contributed by atoms with Gasteiger partial charge < -0.3 is 14.4 Å². The minimum atomic E-state index is 0.00544. The molecule has 0 saturated heterocycles. The molecule has 0 saturated carbocycles. The summed E-state index contributed by atoms with van der Waals surface area (Å²) in [4.78, 5) is 13.8. The number of rotatable bonds is 7. The monoisotopic (exact) mass is 367 g/mol. The Kier molecular flexibility index (Phi) is 6.76. The van der Waals surface area contributed by atoms with E-state index in [0.717, 1.165) is 11.3 Å². The molecule has 0 unspecified atom stereocenters. The number of carbonyl (C=O) groups is 1. The Balaban J connectivity index is 1.79. The third-order valence-corrected chi connectivity index (χ3v) is 4.22. The van der Waals surface area contributed by atoms with Gasteiger partial charge in [-0.05, 0) is 29.8 Å². The first-order chi connectivity index (χ1) is 11.5. The van der Waals surface area contributed by atoms with Crippen molar-refractivity contribution in [1.82, 2.24) is 4.90 Å². The average molecular weight is 368 g/mol. The van der Waals surface area contributed by atoms with E-state index in [9.17, 15) is 4.79 Å². The maximum absolute atomic E-state index is 12.2. The zero-order chi connectivity index (χ0) is 17.5. The van der Waals surface area contributed by atoms with Gasteiger partial charge >= 0.3 is 0 Å². The second kappa shape index (κ2) is 8.81. The summed E-state index contributed by atoms with van der Waals surface area (Å²) < 4.78 is 10.7. The van der Waals surface area contributed by atoms with Gasteiger partial charge in [-0.1, -0.05) is 35.3 Å². The number of amides is 1. The van der Waals surface area contributed by atoms with Gasteiger partial charge in [0, 0.05) is 19.7 Å². The molecule has 0 radical (unpaired) electrons. The maximum atomic E-state index is 12.2. The molecule has 2 rings (SSSR count). The number of methoxy groups -OCH3 is 1. The summed E-state index contributed by atoms with van der Waals surface area (Å²) in [7, 11) is 3.39. The van der Waals surface area contributed by atoms with Crippen LogP contribution >= 0.6 is 23.2 Å². The molecule has 128 valence electrons. The smallest absolute Gasteiger partial charge is 0.226 e. The molecule has 6 heteroatoms. The third kappa shape index (κ3) is 5.32. The van der Waals surface area contributed by atoms with Crippen LogP contribution in [0.15, 0.2) is 42.5 Å². The molecule has 0 spiro atoms. The quantitative estimate of drug-likeness (QED) is 0.726. The lowest BCUT2D eigenvalue weighted by Gasteiger charge is -2.17. The first-order valence-electron chi connectivity index (χ1n) is 7.44. The Labute approximate surface area is 151 Å². The standard InChI is InChI=1S/C18H19Cl2NO3/c1-21(12-13-3-5-14(23-2)6-4-13)18(22)9-10-24-15-7-8-16(19)17(20)11-15/h3-8,11H,9-10,12H2,1-2H3. The van der Waals surface area contributed by atoms with E-state index >= 15 is 0 Å². The molecule has 0 aliphatic rings. The highest BCUT2D eigenvalue weighted by atomic mass is 35.5. The predicted octanol–water partition coefficient (Wildman–Crippen LogP) is 4.43. The summed E-state index contributed by atoms with van der Waals surface area (Å²) >= 11 is 11.8. The zero-order valence-electron chi connectivity index (χ0n) is 13.6. The van der Waals surface area contributed by atoms with Crippen LogP contribution in [0.4, 0.5) is 0 Å². The number of benzene rings is 2. The van der Waals surface area contributed by atoms with Gasteiger partial charge in [0.2, 0.25) is 5.91 Å². The van der Waals surface area contributed by atoms with Crippen LogP contribution in [0.25, 0.3) is 0 Å². The van der Waals surface area contributed by atoms with Crippen molar-refractivity contribution in [3.05, 3.63) is 58.1 Å². The van der Waals surface area contributed by atoms with Crippen molar-refractivity contribution in [2.24, 2.45) is 0 Å². The fourth-order valence-electron chi connectivity index (χ4n) is 2.11. The molecule has 2 aromatic carbocycles. The number of halogens is 2. The Hall–Kier alpha value is -1.91. The molecule has 0 heterocycles. The van der Waals surface area contributed by atoms with Gasteiger partial charge in [0.1, 0.15) is 11.5 Å². The lowest BCUT2D eigenvalue weighted by Crippen LogP contribution is -2.27. The van der Waals surface area contributed by atoms with Crippen molar-refractivity contribution >= 4 is 29.1 Å². The number of nitrogens with zero attached hydrogens (tertiary/aromatic N) is 1. The average Bonchev–Trinajstić information content (AvgIpc) is 2.58. The van der Waals surface area contributed by atoms with Gasteiger partial charge in [-0.2, -0.15) is 0 Å². The van der Waals surface area contributed by atoms with Crippen LogP contribution in [-0.2, 0) is 11.3 Å². The summed E-state index contributed by atoms with van der Waals surface area (Å²) in [5, 5.41) is 0.899. The van der Waals surface area contributed by atoms with E-state index in [1.807, 2.05) is 24.3 Å².